The maximum absolute atomic E-state index is 12.9. The minimum Gasteiger partial charge on any atom is -0.462 e. The molecule has 472 valence electrons. The molecule has 0 aromatic carbocycles. The van der Waals surface area contributed by atoms with Crippen molar-refractivity contribution in [1.82, 2.24) is 0 Å². The zero-order valence-corrected chi connectivity index (χ0v) is 54.3. The van der Waals surface area contributed by atoms with E-state index in [-0.39, 0.29) is 31.1 Å². The Balaban J connectivity index is 4.15. The molecule has 6 nitrogen and oxygen atoms in total. The molecule has 0 aliphatic rings. The lowest BCUT2D eigenvalue weighted by Gasteiger charge is -2.18. The van der Waals surface area contributed by atoms with Crippen LogP contribution in [0.2, 0.25) is 0 Å². The monoisotopic (exact) mass is 1130 g/mol. The third kappa shape index (κ3) is 67.8. The number of esters is 3. The van der Waals surface area contributed by atoms with Crippen LogP contribution in [0.15, 0.2) is 60.8 Å². The van der Waals surface area contributed by atoms with Gasteiger partial charge in [0, 0.05) is 19.3 Å². The van der Waals surface area contributed by atoms with Crippen molar-refractivity contribution in [3.63, 3.8) is 0 Å². The third-order valence-corrected chi connectivity index (χ3v) is 16.0. The summed E-state index contributed by atoms with van der Waals surface area (Å²) in [6.07, 6.45) is 89.7. The van der Waals surface area contributed by atoms with Crippen molar-refractivity contribution in [3.8, 4) is 0 Å². The summed E-state index contributed by atoms with van der Waals surface area (Å²) >= 11 is 0. The van der Waals surface area contributed by atoms with Gasteiger partial charge in [0.2, 0.25) is 0 Å². The van der Waals surface area contributed by atoms with Crippen LogP contribution >= 0.6 is 0 Å². The largest absolute Gasteiger partial charge is 0.462 e. The highest BCUT2D eigenvalue weighted by atomic mass is 16.6. The van der Waals surface area contributed by atoms with Gasteiger partial charge in [0.15, 0.2) is 6.10 Å². The van der Waals surface area contributed by atoms with Crippen LogP contribution in [0.3, 0.4) is 0 Å². The van der Waals surface area contributed by atoms with Gasteiger partial charge in [-0.2, -0.15) is 0 Å². The normalized spacial score (nSPS) is 12.4. The van der Waals surface area contributed by atoms with Gasteiger partial charge >= 0.3 is 17.9 Å². The van der Waals surface area contributed by atoms with Crippen LogP contribution in [-0.4, -0.2) is 37.2 Å². The molecule has 0 N–H and O–H groups in total. The van der Waals surface area contributed by atoms with Crippen molar-refractivity contribution in [1.29, 1.82) is 0 Å². The Labute approximate surface area is 504 Å². The Morgan fingerprint density at radius 3 is 0.704 bits per heavy atom. The maximum Gasteiger partial charge on any atom is 0.306 e. The topological polar surface area (TPSA) is 78.9 Å². The highest BCUT2D eigenvalue weighted by Crippen LogP contribution is 2.18. The van der Waals surface area contributed by atoms with Gasteiger partial charge in [0.25, 0.3) is 0 Å². The average Bonchev–Trinajstić information content (AvgIpc) is 3.47. The predicted molar refractivity (Wildman–Crippen MR) is 353 cm³/mol. The zero-order valence-electron chi connectivity index (χ0n) is 54.3. The summed E-state index contributed by atoms with van der Waals surface area (Å²) in [6.45, 7) is 6.66. The molecule has 0 saturated carbocycles. The van der Waals surface area contributed by atoms with Gasteiger partial charge in [-0.3, -0.25) is 14.4 Å². The molecule has 0 aromatic heterocycles. The summed E-state index contributed by atoms with van der Waals surface area (Å²) in [4.78, 5) is 38.4. The van der Waals surface area contributed by atoms with Crippen molar-refractivity contribution < 1.29 is 28.6 Å². The quantitative estimate of drug-likeness (QED) is 0.0261. The summed E-state index contributed by atoms with van der Waals surface area (Å²) in [6, 6.07) is 0. The molecule has 1 atom stereocenters. The molecule has 0 radical (unpaired) electrons. The van der Waals surface area contributed by atoms with Crippen molar-refractivity contribution in [2.75, 3.05) is 13.2 Å². The Morgan fingerprint density at radius 1 is 0.247 bits per heavy atom. The second-order valence-electron chi connectivity index (χ2n) is 24.1. The molecule has 0 heterocycles. The lowest BCUT2D eigenvalue weighted by atomic mass is 10.0. The summed E-state index contributed by atoms with van der Waals surface area (Å²) in [5, 5.41) is 0. The first-order valence-corrected chi connectivity index (χ1v) is 35.8. The molecule has 1 unspecified atom stereocenters. The van der Waals surface area contributed by atoms with Crippen LogP contribution in [0.1, 0.15) is 380 Å². The highest BCUT2D eigenvalue weighted by molar-refractivity contribution is 5.71. The van der Waals surface area contributed by atoms with Crippen LogP contribution in [0, 0.1) is 0 Å². The van der Waals surface area contributed by atoms with E-state index < -0.39 is 6.10 Å². The van der Waals surface area contributed by atoms with E-state index in [2.05, 4.69) is 81.5 Å². The van der Waals surface area contributed by atoms with E-state index in [1.54, 1.807) is 0 Å². The third-order valence-electron chi connectivity index (χ3n) is 16.0. The van der Waals surface area contributed by atoms with Gasteiger partial charge in [-0.05, 0) is 89.9 Å². The lowest BCUT2D eigenvalue weighted by Crippen LogP contribution is -2.30. The molecule has 0 bridgehead atoms. The van der Waals surface area contributed by atoms with E-state index in [0.29, 0.717) is 19.3 Å². The van der Waals surface area contributed by atoms with Gasteiger partial charge in [-0.25, -0.2) is 0 Å². The van der Waals surface area contributed by atoms with Gasteiger partial charge in [0.05, 0.1) is 0 Å². The summed E-state index contributed by atoms with van der Waals surface area (Å²) in [5.41, 5.74) is 0. The molecule has 0 saturated heterocycles. The average molecular weight is 1130 g/mol. The number of hydrogen-bond donors (Lipinski definition) is 0. The van der Waals surface area contributed by atoms with Gasteiger partial charge in [0.1, 0.15) is 13.2 Å². The second-order valence-corrected chi connectivity index (χ2v) is 24.1. The van der Waals surface area contributed by atoms with Crippen LogP contribution in [-0.2, 0) is 28.6 Å². The lowest BCUT2D eigenvalue weighted by molar-refractivity contribution is -0.167. The molecule has 0 aliphatic heterocycles. The molecule has 81 heavy (non-hydrogen) atoms. The fraction of sp³-hybridized carbons (Fsp3) is 0.827. The predicted octanol–water partition coefficient (Wildman–Crippen LogP) is 24.7. The Bertz CT molecular complexity index is 1440. The molecule has 0 spiro atoms. The number of allylic oxidation sites excluding steroid dienone is 10. The number of hydrogen-bond acceptors (Lipinski definition) is 6. The number of ether oxygens (including phenoxy) is 3. The minimum absolute atomic E-state index is 0.0745. The zero-order chi connectivity index (χ0) is 58.5. The first-order chi connectivity index (χ1) is 40.0. The van der Waals surface area contributed by atoms with Crippen molar-refractivity contribution in [2.24, 2.45) is 0 Å². The summed E-state index contributed by atoms with van der Waals surface area (Å²) in [5.74, 6) is -0.864. The van der Waals surface area contributed by atoms with Gasteiger partial charge in [-0.1, -0.05) is 332 Å². The van der Waals surface area contributed by atoms with E-state index in [4.69, 9.17) is 14.2 Å². The number of carbonyl (C=O) groups is 3. The molecular weight excluding hydrogens is 997 g/mol. The standard InChI is InChI=1S/C75H136O6/c1-4-7-10-13-16-19-22-25-28-30-31-32-33-34-35-36-37-38-39-40-41-42-43-44-45-46-48-50-53-56-59-62-65-68-74(77)80-71-72(70-79-73(76)67-64-61-58-55-52-49-27-24-21-18-15-12-9-6-3)81-75(78)69-66-63-60-57-54-51-47-29-26-23-20-17-14-11-8-5-2/h20,22-23,25,29-31,33-34,47,72H,4-19,21,24,26-28,32,35-46,48-71H2,1-3H3/b23-20-,25-22-,31-30-,34-33-,47-29-. The van der Waals surface area contributed by atoms with Crippen LogP contribution in [0.5, 0.6) is 0 Å². The first-order valence-electron chi connectivity index (χ1n) is 35.8. The van der Waals surface area contributed by atoms with Crippen LogP contribution < -0.4 is 0 Å². The van der Waals surface area contributed by atoms with E-state index in [1.807, 2.05) is 0 Å². The van der Waals surface area contributed by atoms with Gasteiger partial charge in [-0.15, -0.1) is 0 Å². The smallest absolute Gasteiger partial charge is 0.306 e. The second kappa shape index (κ2) is 69.6. The van der Waals surface area contributed by atoms with Crippen LogP contribution in [0.25, 0.3) is 0 Å². The molecule has 0 fully saturated rings. The minimum atomic E-state index is -0.779. The Hall–Kier alpha value is -2.89. The number of unbranched alkanes of at least 4 members (excludes halogenated alkanes) is 45. The van der Waals surface area contributed by atoms with Crippen molar-refractivity contribution in [3.05, 3.63) is 60.8 Å². The van der Waals surface area contributed by atoms with Crippen molar-refractivity contribution >= 4 is 17.9 Å². The van der Waals surface area contributed by atoms with Crippen molar-refractivity contribution in [2.45, 2.75) is 386 Å². The fourth-order valence-electron chi connectivity index (χ4n) is 10.6. The number of rotatable bonds is 66. The SMILES string of the molecule is CCCCCC/C=C\C/C=C\CCCCCCCC(=O)OC(COC(=O)CCCCCCCCCCCCCCCC)COC(=O)CCCCCCCCCCCCCCCCCCCC/C=C\C/C=C\C/C=C\CCCCCCC. The van der Waals surface area contributed by atoms with E-state index in [0.717, 1.165) is 96.3 Å². The first kappa shape index (κ1) is 78.1. The molecule has 0 amide bonds. The molecular formula is C75H136O6. The van der Waals surface area contributed by atoms with Crippen LogP contribution in [0.4, 0.5) is 0 Å². The number of carbonyl (C=O) groups excluding carboxylic acids is 3. The fourth-order valence-corrected chi connectivity index (χ4v) is 10.6. The molecule has 6 heteroatoms. The summed E-state index contributed by atoms with van der Waals surface area (Å²) < 4.78 is 17.0. The Morgan fingerprint density at radius 2 is 0.444 bits per heavy atom. The highest BCUT2D eigenvalue weighted by Gasteiger charge is 2.19. The van der Waals surface area contributed by atoms with E-state index in [1.165, 1.54) is 244 Å². The molecule has 0 rings (SSSR count). The summed E-state index contributed by atoms with van der Waals surface area (Å²) in [7, 11) is 0. The Kier molecular flexibility index (Phi) is 67.1. The van der Waals surface area contributed by atoms with E-state index in [9.17, 15) is 14.4 Å². The van der Waals surface area contributed by atoms with Gasteiger partial charge < -0.3 is 14.2 Å². The molecule has 0 aromatic rings. The molecule has 0 aliphatic carbocycles. The van der Waals surface area contributed by atoms with E-state index >= 15 is 0 Å². The maximum atomic E-state index is 12.9.